The van der Waals surface area contributed by atoms with Gasteiger partial charge in [-0.15, -0.1) is 0 Å². The zero-order chi connectivity index (χ0) is 24.4. The van der Waals surface area contributed by atoms with Crippen LogP contribution in [0.15, 0.2) is 0 Å². The van der Waals surface area contributed by atoms with Gasteiger partial charge < -0.3 is 4.90 Å². The lowest BCUT2D eigenvalue weighted by molar-refractivity contribution is -0.131. The number of amides is 1. The Kier molecular flexibility index (Phi) is 26.3. The number of thioether (sulfide) groups is 1. The number of hydrogen-bond donors (Lipinski definition) is 0. The first-order valence-corrected chi connectivity index (χ1v) is 16.3. The summed E-state index contributed by atoms with van der Waals surface area (Å²) in [6, 6.07) is 0. The molecule has 0 aliphatic heterocycles. The molecule has 0 heterocycles. The molecule has 0 saturated heterocycles. The Morgan fingerprint density at radius 2 is 0.909 bits per heavy atom. The van der Waals surface area contributed by atoms with Crippen molar-refractivity contribution >= 4 is 17.7 Å². The van der Waals surface area contributed by atoms with Crippen LogP contribution in [0, 0.1) is 0 Å². The van der Waals surface area contributed by atoms with Crippen molar-refractivity contribution in [2.45, 2.75) is 167 Å². The molecule has 2 nitrogen and oxygen atoms in total. The number of carbonyl (C=O) groups is 1. The predicted octanol–water partition coefficient (Wildman–Crippen LogP) is 10.2. The highest BCUT2D eigenvalue weighted by atomic mass is 32.2. The van der Waals surface area contributed by atoms with Crippen molar-refractivity contribution in [1.82, 2.24) is 4.90 Å². The topological polar surface area (TPSA) is 20.3 Å². The van der Waals surface area contributed by atoms with E-state index in [2.05, 4.69) is 31.9 Å². The molecule has 1 atom stereocenters. The Balaban J connectivity index is 4.03. The van der Waals surface area contributed by atoms with Gasteiger partial charge in [0.1, 0.15) is 0 Å². The third-order valence-corrected chi connectivity index (χ3v) is 8.27. The molecule has 0 aliphatic rings. The molecule has 0 aromatic heterocycles. The third-order valence-electron chi connectivity index (χ3n) is 7.11. The first-order valence-electron chi connectivity index (χ1n) is 15.0. The van der Waals surface area contributed by atoms with E-state index in [9.17, 15) is 4.79 Å². The molecule has 0 fully saturated rings. The van der Waals surface area contributed by atoms with Gasteiger partial charge in [0.05, 0.1) is 0 Å². The van der Waals surface area contributed by atoms with Gasteiger partial charge >= 0.3 is 0 Å². The van der Waals surface area contributed by atoms with E-state index < -0.39 is 0 Å². The summed E-state index contributed by atoms with van der Waals surface area (Å²) in [5, 5.41) is 0.486. The van der Waals surface area contributed by atoms with E-state index in [0.29, 0.717) is 11.2 Å². The van der Waals surface area contributed by atoms with Crippen molar-refractivity contribution in [3.05, 3.63) is 0 Å². The van der Waals surface area contributed by atoms with Crippen molar-refractivity contribution in [3.8, 4) is 0 Å². The summed E-state index contributed by atoms with van der Waals surface area (Å²) < 4.78 is 0. The highest BCUT2D eigenvalue weighted by Gasteiger charge is 2.17. The van der Waals surface area contributed by atoms with Gasteiger partial charge in [-0.25, -0.2) is 0 Å². The van der Waals surface area contributed by atoms with E-state index in [-0.39, 0.29) is 0 Å². The van der Waals surface area contributed by atoms with Crippen LogP contribution in [-0.4, -0.2) is 35.4 Å². The van der Waals surface area contributed by atoms with Gasteiger partial charge in [0.15, 0.2) is 0 Å². The van der Waals surface area contributed by atoms with Crippen molar-refractivity contribution < 1.29 is 4.79 Å². The van der Waals surface area contributed by atoms with E-state index >= 15 is 0 Å². The zero-order valence-corrected chi connectivity index (χ0v) is 24.1. The molecule has 0 aliphatic carbocycles. The Labute approximate surface area is 213 Å². The lowest BCUT2D eigenvalue weighted by Crippen LogP contribution is -2.34. The molecule has 1 unspecified atom stereocenters. The molecule has 0 rings (SSSR count). The van der Waals surface area contributed by atoms with Crippen LogP contribution < -0.4 is 0 Å². The van der Waals surface area contributed by atoms with E-state index in [4.69, 9.17) is 0 Å². The second-order valence-corrected chi connectivity index (χ2v) is 11.4. The second-order valence-electron chi connectivity index (χ2n) is 10.2. The molecule has 0 spiro atoms. The first kappa shape index (κ1) is 32.8. The molecule has 198 valence electrons. The van der Waals surface area contributed by atoms with Crippen LogP contribution in [0.1, 0.15) is 162 Å². The van der Waals surface area contributed by atoms with Gasteiger partial charge in [0.2, 0.25) is 5.91 Å². The minimum atomic E-state index is 0.406. The Hall–Kier alpha value is -0.180. The summed E-state index contributed by atoms with van der Waals surface area (Å²) in [5.41, 5.74) is 0. The average molecular weight is 484 g/mol. The molecule has 33 heavy (non-hydrogen) atoms. The number of unbranched alkanes of at least 4 members (excludes halogenated alkanes) is 18. The fourth-order valence-electron chi connectivity index (χ4n) is 4.66. The van der Waals surface area contributed by atoms with Crippen LogP contribution >= 0.6 is 11.8 Å². The van der Waals surface area contributed by atoms with E-state index in [1.165, 1.54) is 128 Å². The van der Waals surface area contributed by atoms with Crippen LogP contribution in [0.4, 0.5) is 0 Å². The smallest absolute Gasteiger partial charge is 0.223 e. The van der Waals surface area contributed by atoms with E-state index in [1.807, 2.05) is 11.8 Å². The first-order chi connectivity index (χ1) is 16.2. The summed E-state index contributed by atoms with van der Waals surface area (Å²) in [6.07, 6.45) is 31.2. The lowest BCUT2D eigenvalue weighted by atomic mass is 10.1. The van der Waals surface area contributed by atoms with Gasteiger partial charge in [-0.1, -0.05) is 136 Å². The summed E-state index contributed by atoms with van der Waals surface area (Å²) in [7, 11) is 0. The van der Waals surface area contributed by atoms with Crippen LogP contribution in [0.2, 0.25) is 0 Å². The lowest BCUT2D eigenvalue weighted by Gasteiger charge is -2.25. The minimum absolute atomic E-state index is 0.406. The van der Waals surface area contributed by atoms with E-state index in [1.54, 1.807) is 0 Å². The van der Waals surface area contributed by atoms with Gasteiger partial charge in [-0.3, -0.25) is 4.79 Å². The number of carbonyl (C=O) groups excluding carboxylic acids is 1. The Morgan fingerprint density at radius 1 is 0.576 bits per heavy atom. The predicted molar refractivity (Wildman–Crippen MR) is 152 cm³/mol. The fourth-order valence-corrected chi connectivity index (χ4v) is 5.30. The maximum atomic E-state index is 13.0. The molecule has 0 aromatic rings. The molecule has 1 amide bonds. The van der Waals surface area contributed by atoms with Crippen molar-refractivity contribution in [2.24, 2.45) is 0 Å². The molecule has 0 saturated carbocycles. The average Bonchev–Trinajstić information content (AvgIpc) is 2.83. The summed E-state index contributed by atoms with van der Waals surface area (Å²) >= 11 is 1.86. The second kappa shape index (κ2) is 26.4. The number of hydrogen-bond acceptors (Lipinski definition) is 2. The maximum absolute atomic E-state index is 13.0. The fraction of sp³-hybridized carbons (Fsp3) is 0.967. The van der Waals surface area contributed by atoms with Crippen LogP contribution in [0.25, 0.3) is 0 Å². The monoisotopic (exact) mass is 483 g/mol. The Morgan fingerprint density at radius 3 is 1.21 bits per heavy atom. The number of nitrogens with zero attached hydrogens (tertiary/aromatic N) is 1. The molecule has 0 radical (unpaired) electrons. The molecule has 3 heteroatoms. The van der Waals surface area contributed by atoms with Crippen LogP contribution in [-0.2, 0) is 4.79 Å². The number of rotatable bonds is 26. The largest absolute Gasteiger partial charge is 0.343 e. The zero-order valence-electron chi connectivity index (χ0n) is 23.3. The SMILES string of the molecule is CCCCCCCCCCCCN(CCCCCCCCCCCC)C(=O)CC(CC)SC. The van der Waals surface area contributed by atoms with Gasteiger partial charge in [0.25, 0.3) is 0 Å². The van der Waals surface area contributed by atoms with Crippen LogP contribution in [0.5, 0.6) is 0 Å². The molecule has 0 bridgehead atoms. The maximum Gasteiger partial charge on any atom is 0.223 e. The molecular weight excluding hydrogens is 422 g/mol. The summed E-state index contributed by atoms with van der Waals surface area (Å²) in [6.45, 7) is 8.75. The molecule has 0 N–H and O–H groups in total. The normalized spacial score (nSPS) is 12.2. The molecule has 0 aromatic carbocycles. The van der Waals surface area contributed by atoms with Gasteiger partial charge in [0, 0.05) is 24.8 Å². The summed E-state index contributed by atoms with van der Waals surface area (Å²) in [5.74, 6) is 0.406. The third kappa shape index (κ3) is 22.1. The standard InChI is InChI=1S/C30H61NOS/c1-5-8-10-12-14-16-18-20-22-24-26-31(30(32)28-29(7-3)33-4)27-25-23-21-19-17-15-13-11-9-6-2/h29H,5-28H2,1-4H3. The van der Waals surface area contributed by atoms with E-state index in [0.717, 1.165) is 25.9 Å². The van der Waals surface area contributed by atoms with Gasteiger partial charge in [-0.05, 0) is 25.5 Å². The quantitative estimate of drug-likeness (QED) is 0.114. The minimum Gasteiger partial charge on any atom is -0.343 e. The highest BCUT2D eigenvalue weighted by Crippen LogP contribution is 2.18. The highest BCUT2D eigenvalue weighted by molar-refractivity contribution is 7.99. The van der Waals surface area contributed by atoms with Crippen molar-refractivity contribution in [2.75, 3.05) is 19.3 Å². The molecular formula is C30H61NOS. The van der Waals surface area contributed by atoms with Gasteiger partial charge in [-0.2, -0.15) is 11.8 Å². The Bertz CT molecular complexity index is 373. The van der Waals surface area contributed by atoms with Crippen molar-refractivity contribution in [1.29, 1.82) is 0 Å². The van der Waals surface area contributed by atoms with Crippen LogP contribution in [0.3, 0.4) is 0 Å². The summed E-state index contributed by atoms with van der Waals surface area (Å²) in [4.78, 5) is 15.2. The van der Waals surface area contributed by atoms with Crippen molar-refractivity contribution in [3.63, 3.8) is 0 Å².